The molecule has 4 aromatic rings. The molecule has 1 atom stereocenters. The summed E-state index contributed by atoms with van der Waals surface area (Å²) in [7, 11) is 2.17. The van der Waals surface area contributed by atoms with Gasteiger partial charge in [0, 0.05) is 32.4 Å². The molecule has 4 heterocycles. The van der Waals surface area contributed by atoms with Crippen LogP contribution < -0.4 is 10.2 Å². The van der Waals surface area contributed by atoms with Crippen LogP contribution in [-0.2, 0) is 0 Å². The molecule has 0 radical (unpaired) electrons. The molecule has 0 aliphatic carbocycles. The molecule has 0 saturated carbocycles. The van der Waals surface area contributed by atoms with Crippen molar-refractivity contribution in [3.05, 3.63) is 72.2 Å². The van der Waals surface area contributed by atoms with Crippen molar-refractivity contribution in [1.82, 2.24) is 24.3 Å². The van der Waals surface area contributed by atoms with Gasteiger partial charge in [-0.2, -0.15) is 0 Å². The predicted molar refractivity (Wildman–Crippen MR) is 129 cm³/mol. The predicted octanol–water partition coefficient (Wildman–Crippen LogP) is 4.02. The number of fused-ring (bicyclic) bond motifs is 1. The second kappa shape index (κ2) is 8.59. The molecule has 32 heavy (non-hydrogen) atoms. The molecule has 164 valence electrons. The third-order valence-corrected chi connectivity index (χ3v) is 6.23. The maximum absolute atomic E-state index is 5.02. The Morgan fingerprint density at radius 3 is 2.50 bits per heavy atom. The van der Waals surface area contributed by atoms with Gasteiger partial charge in [0.1, 0.15) is 11.3 Å². The highest BCUT2D eigenvalue weighted by Gasteiger charge is 2.22. The summed E-state index contributed by atoms with van der Waals surface area (Å²) >= 11 is 0. The molecule has 0 unspecified atom stereocenters. The number of aryl methyl sites for hydroxylation is 1. The van der Waals surface area contributed by atoms with Crippen molar-refractivity contribution in [2.24, 2.45) is 0 Å². The van der Waals surface area contributed by atoms with Gasteiger partial charge in [0.2, 0.25) is 5.95 Å². The highest BCUT2D eigenvalue weighted by molar-refractivity contribution is 5.75. The summed E-state index contributed by atoms with van der Waals surface area (Å²) in [6, 6.07) is 14.6. The molecule has 7 heteroatoms. The zero-order valence-electron chi connectivity index (χ0n) is 18.9. The van der Waals surface area contributed by atoms with E-state index in [-0.39, 0.29) is 6.04 Å². The van der Waals surface area contributed by atoms with Gasteiger partial charge in [-0.25, -0.2) is 15.0 Å². The van der Waals surface area contributed by atoms with Crippen LogP contribution in [0.25, 0.3) is 17.0 Å². The molecule has 1 fully saturated rings. The molecule has 1 aromatic carbocycles. The largest absolute Gasteiger partial charge is 0.366 e. The number of aromatic nitrogens is 4. The minimum atomic E-state index is 0.1000. The molecule has 0 bridgehead atoms. The van der Waals surface area contributed by atoms with Crippen molar-refractivity contribution in [2.75, 3.05) is 43.4 Å². The van der Waals surface area contributed by atoms with Crippen LogP contribution in [0.2, 0.25) is 0 Å². The van der Waals surface area contributed by atoms with Gasteiger partial charge < -0.3 is 15.1 Å². The van der Waals surface area contributed by atoms with Gasteiger partial charge in [0.05, 0.1) is 29.8 Å². The number of rotatable bonds is 5. The van der Waals surface area contributed by atoms with Crippen LogP contribution >= 0.6 is 0 Å². The second-order valence-electron chi connectivity index (χ2n) is 8.52. The fourth-order valence-electron chi connectivity index (χ4n) is 4.26. The number of imidazole rings is 1. The maximum Gasteiger partial charge on any atom is 0.223 e. The molecule has 3 aromatic heterocycles. The van der Waals surface area contributed by atoms with Crippen molar-refractivity contribution in [3.8, 4) is 11.4 Å². The standard InChI is InChI=1S/C25H29N7/c1-18-8-7-11-32-22(17-26-24(18)32)23-21(31-14-12-30(3)13-15-31)16-27-25(29-23)28-19(2)20-9-5-4-6-10-20/h4-11,16-17,19H,12-15H2,1-3H3,(H,27,28,29)/t19-/m0/s1. The smallest absolute Gasteiger partial charge is 0.223 e. The molecule has 1 N–H and O–H groups in total. The number of benzene rings is 1. The quantitative estimate of drug-likeness (QED) is 0.519. The number of pyridine rings is 1. The first-order chi connectivity index (χ1) is 15.6. The normalized spacial score (nSPS) is 15.8. The lowest BCUT2D eigenvalue weighted by Gasteiger charge is -2.34. The third kappa shape index (κ3) is 3.91. The topological polar surface area (TPSA) is 61.6 Å². The van der Waals surface area contributed by atoms with Crippen molar-refractivity contribution in [1.29, 1.82) is 0 Å². The van der Waals surface area contributed by atoms with E-state index >= 15 is 0 Å². The number of likely N-dealkylation sites (N-methyl/N-ethyl adjacent to an activating group) is 1. The van der Waals surface area contributed by atoms with Crippen molar-refractivity contribution in [2.45, 2.75) is 19.9 Å². The lowest BCUT2D eigenvalue weighted by molar-refractivity contribution is 0.313. The lowest BCUT2D eigenvalue weighted by atomic mass is 10.1. The maximum atomic E-state index is 5.02. The number of nitrogens with zero attached hydrogens (tertiary/aromatic N) is 6. The monoisotopic (exact) mass is 427 g/mol. The molecule has 0 amide bonds. The number of hydrogen-bond acceptors (Lipinski definition) is 6. The lowest BCUT2D eigenvalue weighted by Crippen LogP contribution is -2.44. The van der Waals surface area contributed by atoms with Crippen LogP contribution in [0.3, 0.4) is 0 Å². The minimum Gasteiger partial charge on any atom is -0.366 e. The van der Waals surface area contributed by atoms with Crippen LogP contribution in [0.5, 0.6) is 0 Å². The summed E-state index contributed by atoms with van der Waals surface area (Å²) in [6.07, 6.45) is 5.94. The van der Waals surface area contributed by atoms with E-state index in [0.717, 1.165) is 54.5 Å². The van der Waals surface area contributed by atoms with Gasteiger partial charge in [-0.15, -0.1) is 0 Å². The molecule has 7 nitrogen and oxygen atoms in total. The molecule has 5 rings (SSSR count). The Balaban J connectivity index is 1.56. The van der Waals surface area contributed by atoms with E-state index in [1.807, 2.05) is 18.5 Å². The summed E-state index contributed by atoms with van der Waals surface area (Å²) in [6.45, 7) is 8.17. The number of piperazine rings is 1. The molecule has 1 aliphatic heterocycles. The van der Waals surface area contributed by atoms with E-state index in [2.05, 4.69) is 88.0 Å². The van der Waals surface area contributed by atoms with Crippen LogP contribution in [-0.4, -0.2) is 57.5 Å². The Morgan fingerprint density at radius 1 is 0.938 bits per heavy atom. The fraction of sp³-hybridized carbons (Fsp3) is 0.320. The second-order valence-corrected chi connectivity index (χ2v) is 8.52. The van der Waals surface area contributed by atoms with Crippen molar-refractivity contribution >= 4 is 17.3 Å². The number of anilines is 2. The van der Waals surface area contributed by atoms with E-state index in [1.54, 1.807) is 0 Å². The molecular formula is C25H29N7. The van der Waals surface area contributed by atoms with E-state index < -0.39 is 0 Å². The molecule has 0 spiro atoms. The summed E-state index contributed by atoms with van der Waals surface area (Å²) < 4.78 is 2.13. The summed E-state index contributed by atoms with van der Waals surface area (Å²) in [5, 5.41) is 3.48. The van der Waals surface area contributed by atoms with Crippen LogP contribution in [0.1, 0.15) is 24.1 Å². The minimum absolute atomic E-state index is 0.1000. The van der Waals surface area contributed by atoms with Gasteiger partial charge in [-0.05, 0) is 38.1 Å². The van der Waals surface area contributed by atoms with Gasteiger partial charge >= 0.3 is 0 Å². The van der Waals surface area contributed by atoms with E-state index in [4.69, 9.17) is 9.97 Å². The first-order valence-corrected chi connectivity index (χ1v) is 11.2. The Labute approximate surface area is 188 Å². The van der Waals surface area contributed by atoms with Crippen molar-refractivity contribution < 1.29 is 0 Å². The zero-order chi connectivity index (χ0) is 22.1. The van der Waals surface area contributed by atoms with Crippen LogP contribution in [0, 0.1) is 6.92 Å². The first-order valence-electron chi connectivity index (χ1n) is 11.2. The summed E-state index contributed by atoms with van der Waals surface area (Å²) in [5.74, 6) is 0.622. The highest BCUT2D eigenvalue weighted by Crippen LogP contribution is 2.32. The zero-order valence-corrected chi connectivity index (χ0v) is 18.9. The van der Waals surface area contributed by atoms with Gasteiger partial charge in [-0.3, -0.25) is 4.40 Å². The van der Waals surface area contributed by atoms with Gasteiger partial charge in [0.25, 0.3) is 0 Å². The third-order valence-electron chi connectivity index (χ3n) is 6.23. The van der Waals surface area contributed by atoms with E-state index in [1.165, 1.54) is 5.56 Å². The SMILES string of the molecule is Cc1cccn2c(-c3nc(N[C@@H](C)c4ccccc4)ncc3N3CCN(C)CC3)cnc12. The molecule has 1 aliphatic rings. The summed E-state index contributed by atoms with van der Waals surface area (Å²) in [5.41, 5.74) is 6.24. The first kappa shape index (κ1) is 20.5. The van der Waals surface area contributed by atoms with Crippen molar-refractivity contribution in [3.63, 3.8) is 0 Å². The van der Waals surface area contributed by atoms with Crippen LogP contribution in [0.4, 0.5) is 11.6 Å². The molecule has 1 saturated heterocycles. The number of hydrogen-bond donors (Lipinski definition) is 1. The summed E-state index contributed by atoms with van der Waals surface area (Å²) in [4.78, 5) is 19.1. The van der Waals surface area contributed by atoms with E-state index in [0.29, 0.717) is 5.95 Å². The molecular weight excluding hydrogens is 398 g/mol. The Morgan fingerprint density at radius 2 is 1.72 bits per heavy atom. The Kier molecular flexibility index (Phi) is 5.49. The Bertz CT molecular complexity index is 1210. The van der Waals surface area contributed by atoms with Gasteiger partial charge in [-0.1, -0.05) is 36.4 Å². The highest BCUT2D eigenvalue weighted by atomic mass is 15.3. The van der Waals surface area contributed by atoms with Gasteiger partial charge in [0.15, 0.2) is 0 Å². The van der Waals surface area contributed by atoms with E-state index in [9.17, 15) is 0 Å². The Hall–Kier alpha value is -3.45. The fourth-order valence-corrected chi connectivity index (χ4v) is 4.26. The number of nitrogens with one attached hydrogen (secondary N) is 1. The average Bonchev–Trinajstić information content (AvgIpc) is 3.26. The van der Waals surface area contributed by atoms with Crippen LogP contribution in [0.15, 0.2) is 61.1 Å². The average molecular weight is 428 g/mol.